The monoisotopic (exact) mass is 587 g/mol. The van der Waals surface area contributed by atoms with Crippen molar-refractivity contribution in [3.63, 3.8) is 0 Å². The van der Waals surface area contributed by atoms with Crippen molar-refractivity contribution in [3.05, 3.63) is 77.5 Å². The van der Waals surface area contributed by atoms with Crippen molar-refractivity contribution in [2.24, 2.45) is 5.92 Å². The Morgan fingerprint density at radius 2 is 1.83 bits per heavy atom. The Kier molecular flexibility index (Phi) is 13.8. The number of aryl methyl sites for hydroxylation is 1. The zero-order valence-electron chi connectivity index (χ0n) is 24.7. The third-order valence-corrected chi connectivity index (χ3v) is 6.33. The van der Waals surface area contributed by atoms with Gasteiger partial charge in [0.15, 0.2) is 0 Å². The topological polar surface area (TPSA) is 99.3 Å². The number of carbonyl (C=O) groups excluding carboxylic acids is 2. The molecule has 2 aromatic heterocycles. The van der Waals surface area contributed by atoms with Gasteiger partial charge in [-0.1, -0.05) is 42.3 Å². The van der Waals surface area contributed by atoms with Crippen LogP contribution in [0.5, 0.6) is 0 Å². The molecule has 0 unspecified atom stereocenters. The van der Waals surface area contributed by atoms with Gasteiger partial charge >= 0.3 is 6.09 Å². The van der Waals surface area contributed by atoms with Crippen LogP contribution in [0.15, 0.2) is 55.3 Å². The summed E-state index contributed by atoms with van der Waals surface area (Å²) in [6.45, 7) is 15.9. The number of halogens is 2. The van der Waals surface area contributed by atoms with Gasteiger partial charge in [-0.15, -0.1) is 6.58 Å². The van der Waals surface area contributed by atoms with Gasteiger partial charge < -0.3 is 20.4 Å². The number of fused-ring (bicyclic) bond motifs is 1. The summed E-state index contributed by atoms with van der Waals surface area (Å²) >= 11 is 5.89. The SMILES string of the molecule is C=CCC.CC(C)(C)OC(=O)NCC1CCN(CNC(=O)c2cc3cc(Cl)ncc3[nH]2)CC1.Cc1ccc(F)cc1. The van der Waals surface area contributed by atoms with Crippen LogP contribution in [0.2, 0.25) is 5.15 Å². The Labute approximate surface area is 247 Å². The number of hydrogen-bond donors (Lipinski definition) is 3. The van der Waals surface area contributed by atoms with Gasteiger partial charge in [0.1, 0.15) is 22.3 Å². The Balaban J connectivity index is 0.000000407. The first-order chi connectivity index (χ1) is 19.4. The van der Waals surface area contributed by atoms with Crippen molar-refractivity contribution >= 4 is 34.5 Å². The van der Waals surface area contributed by atoms with E-state index in [1.54, 1.807) is 30.5 Å². The number of carbonyl (C=O) groups is 2. The summed E-state index contributed by atoms with van der Waals surface area (Å²) in [5.74, 6) is 0.0852. The molecule has 0 bridgehead atoms. The molecule has 1 aliphatic rings. The Hall–Kier alpha value is -3.43. The normalized spacial score (nSPS) is 13.7. The van der Waals surface area contributed by atoms with Crippen LogP contribution in [0.3, 0.4) is 0 Å². The van der Waals surface area contributed by atoms with E-state index >= 15 is 0 Å². The highest BCUT2D eigenvalue weighted by atomic mass is 35.5. The quantitative estimate of drug-likeness (QED) is 0.216. The molecular formula is C31H43ClFN5O3. The average Bonchev–Trinajstić information content (AvgIpc) is 3.36. The van der Waals surface area contributed by atoms with Crippen LogP contribution in [0.25, 0.3) is 10.9 Å². The standard InChI is InChI=1S/C20H28ClN5O3.C7H7F.C4H8/c1-20(2,3)29-19(28)23-10-13-4-6-26(7-5-13)12-24-18(27)15-8-14-9-17(21)22-11-16(14)25-15;1-6-2-4-7(8)5-3-6;1-3-4-2/h8-9,11,13,25H,4-7,10,12H2,1-3H3,(H,23,28)(H,24,27);2-5H,1H3;3H,1,4H2,2H3. The molecule has 0 radical (unpaired) electrons. The summed E-state index contributed by atoms with van der Waals surface area (Å²) in [5, 5.41) is 7.04. The van der Waals surface area contributed by atoms with E-state index in [-0.39, 0.29) is 17.8 Å². The number of ether oxygens (including phenoxy) is 1. The second-order valence-electron chi connectivity index (χ2n) is 10.9. The first kappa shape index (κ1) is 33.8. The minimum absolute atomic E-state index is 0.161. The fraction of sp³-hybridized carbons (Fsp3) is 0.452. The Morgan fingerprint density at radius 3 is 2.39 bits per heavy atom. The van der Waals surface area contributed by atoms with E-state index in [1.807, 2.05) is 33.8 Å². The maximum absolute atomic E-state index is 12.4. The number of amides is 2. The van der Waals surface area contributed by atoms with E-state index in [0.29, 0.717) is 30.0 Å². The number of nitrogens with one attached hydrogen (secondary N) is 3. The third-order valence-electron chi connectivity index (χ3n) is 6.12. The smallest absolute Gasteiger partial charge is 0.407 e. The molecule has 0 aliphatic carbocycles. The predicted octanol–water partition coefficient (Wildman–Crippen LogP) is 6.86. The summed E-state index contributed by atoms with van der Waals surface area (Å²) in [6.07, 6.45) is 6.12. The van der Waals surface area contributed by atoms with Crippen LogP contribution < -0.4 is 10.6 Å². The molecule has 2 amide bonds. The molecular weight excluding hydrogens is 545 g/mol. The number of alkyl carbamates (subject to hydrolysis) is 1. The number of aromatic nitrogens is 2. The molecule has 1 saturated heterocycles. The van der Waals surface area contributed by atoms with Gasteiger partial charge in [0, 0.05) is 25.0 Å². The Bertz CT molecular complexity index is 1230. The summed E-state index contributed by atoms with van der Waals surface area (Å²) in [4.78, 5) is 33.4. The van der Waals surface area contributed by atoms with Crippen molar-refractivity contribution in [1.29, 1.82) is 0 Å². The predicted molar refractivity (Wildman–Crippen MR) is 164 cm³/mol. The first-order valence-corrected chi connectivity index (χ1v) is 14.2. The van der Waals surface area contributed by atoms with Crippen LogP contribution in [0.1, 0.15) is 63.0 Å². The maximum atomic E-state index is 12.4. The van der Waals surface area contributed by atoms with Gasteiger partial charge in [0.05, 0.1) is 18.4 Å². The summed E-state index contributed by atoms with van der Waals surface area (Å²) < 4.78 is 17.3. The van der Waals surface area contributed by atoms with Crippen molar-refractivity contribution in [2.75, 3.05) is 26.3 Å². The van der Waals surface area contributed by atoms with Gasteiger partial charge in [0.25, 0.3) is 5.91 Å². The number of pyridine rings is 1. The summed E-state index contributed by atoms with van der Waals surface area (Å²) in [7, 11) is 0. The van der Waals surface area contributed by atoms with Gasteiger partial charge in [-0.25, -0.2) is 14.2 Å². The second kappa shape index (κ2) is 16.7. The molecule has 8 nitrogen and oxygen atoms in total. The molecule has 4 rings (SSSR count). The van der Waals surface area contributed by atoms with Crippen molar-refractivity contribution in [2.45, 2.75) is 59.5 Å². The molecule has 1 aromatic carbocycles. The fourth-order valence-corrected chi connectivity index (χ4v) is 4.00. The van der Waals surface area contributed by atoms with Crippen molar-refractivity contribution < 1.29 is 18.7 Å². The molecule has 1 fully saturated rings. The summed E-state index contributed by atoms with van der Waals surface area (Å²) in [5.41, 5.74) is 1.86. The van der Waals surface area contributed by atoms with Crippen LogP contribution >= 0.6 is 11.6 Å². The van der Waals surface area contributed by atoms with E-state index in [0.717, 1.165) is 48.8 Å². The molecule has 10 heteroatoms. The summed E-state index contributed by atoms with van der Waals surface area (Å²) in [6, 6.07) is 9.89. The largest absolute Gasteiger partial charge is 0.444 e. The van der Waals surface area contributed by atoms with Gasteiger partial charge in [-0.2, -0.15) is 0 Å². The number of allylic oxidation sites excluding steroid dienone is 1. The number of rotatable bonds is 6. The molecule has 0 spiro atoms. The molecule has 0 atom stereocenters. The van der Waals surface area contributed by atoms with E-state index in [1.165, 1.54) is 12.1 Å². The zero-order chi connectivity index (χ0) is 30.4. The van der Waals surface area contributed by atoms with Crippen molar-refractivity contribution in [3.8, 4) is 0 Å². The highest BCUT2D eigenvalue weighted by molar-refractivity contribution is 6.30. The number of H-pyrrole nitrogens is 1. The Morgan fingerprint density at radius 1 is 1.20 bits per heavy atom. The number of aromatic amines is 1. The number of nitrogens with zero attached hydrogens (tertiary/aromatic N) is 2. The lowest BCUT2D eigenvalue weighted by Gasteiger charge is -2.32. The minimum atomic E-state index is -0.487. The lowest BCUT2D eigenvalue weighted by atomic mass is 9.97. The van der Waals surface area contributed by atoms with Crippen molar-refractivity contribution in [1.82, 2.24) is 25.5 Å². The number of piperidine rings is 1. The molecule has 3 N–H and O–H groups in total. The highest BCUT2D eigenvalue weighted by Gasteiger charge is 2.22. The first-order valence-electron chi connectivity index (χ1n) is 13.8. The fourth-order valence-electron chi connectivity index (χ4n) is 3.83. The minimum Gasteiger partial charge on any atom is -0.444 e. The molecule has 3 aromatic rings. The third kappa shape index (κ3) is 13.2. The molecule has 41 heavy (non-hydrogen) atoms. The molecule has 0 saturated carbocycles. The highest BCUT2D eigenvalue weighted by Crippen LogP contribution is 2.19. The van der Waals surface area contributed by atoms with Gasteiger partial charge in [-0.05, 0) is 77.1 Å². The van der Waals surface area contributed by atoms with E-state index in [4.69, 9.17) is 16.3 Å². The van der Waals surface area contributed by atoms with Crippen LogP contribution in [0.4, 0.5) is 9.18 Å². The average molecular weight is 588 g/mol. The zero-order valence-corrected chi connectivity index (χ0v) is 25.5. The van der Waals surface area contributed by atoms with E-state index < -0.39 is 5.60 Å². The van der Waals surface area contributed by atoms with E-state index in [9.17, 15) is 14.0 Å². The second-order valence-corrected chi connectivity index (χ2v) is 11.3. The molecule has 224 valence electrons. The van der Waals surface area contributed by atoms with Crippen LogP contribution in [0, 0.1) is 18.7 Å². The van der Waals surface area contributed by atoms with Gasteiger partial charge in [0.2, 0.25) is 0 Å². The molecule has 3 heterocycles. The number of benzene rings is 1. The van der Waals surface area contributed by atoms with Crippen LogP contribution in [-0.2, 0) is 4.74 Å². The van der Waals surface area contributed by atoms with E-state index in [2.05, 4.69) is 39.0 Å². The number of likely N-dealkylation sites (tertiary alicyclic amines) is 1. The molecule has 1 aliphatic heterocycles. The number of hydrogen-bond acceptors (Lipinski definition) is 5. The van der Waals surface area contributed by atoms with Crippen LogP contribution in [-0.4, -0.2) is 58.8 Å². The lowest BCUT2D eigenvalue weighted by molar-refractivity contribution is 0.0507. The van der Waals surface area contributed by atoms with Gasteiger partial charge in [-0.3, -0.25) is 9.69 Å². The maximum Gasteiger partial charge on any atom is 0.407 e. The lowest BCUT2D eigenvalue weighted by Crippen LogP contribution is -2.44.